The fourth-order valence-corrected chi connectivity index (χ4v) is 3.58. The molecule has 1 aliphatic rings. The van der Waals surface area contributed by atoms with Crippen molar-refractivity contribution in [3.63, 3.8) is 0 Å². The molecule has 0 bridgehead atoms. The predicted octanol–water partition coefficient (Wildman–Crippen LogP) is 4.43. The van der Waals surface area contributed by atoms with Crippen LogP contribution in [-0.2, 0) is 4.74 Å². The molecular formula is C22H19F2N5O3. The van der Waals surface area contributed by atoms with E-state index in [2.05, 4.69) is 20.4 Å². The van der Waals surface area contributed by atoms with Gasteiger partial charge in [0.15, 0.2) is 0 Å². The van der Waals surface area contributed by atoms with Crippen LogP contribution >= 0.6 is 0 Å². The number of hydrogen-bond acceptors (Lipinski definition) is 6. The summed E-state index contributed by atoms with van der Waals surface area (Å²) in [6.07, 6.45) is 2.44. The Morgan fingerprint density at radius 1 is 1.28 bits per heavy atom. The molecule has 8 nitrogen and oxygen atoms in total. The zero-order valence-corrected chi connectivity index (χ0v) is 17.1. The van der Waals surface area contributed by atoms with Crippen molar-refractivity contribution in [2.45, 2.75) is 31.8 Å². The third kappa shape index (κ3) is 3.84. The maximum atomic E-state index is 13.3. The number of anilines is 1. The second kappa shape index (κ2) is 7.79. The molecule has 164 valence electrons. The van der Waals surface area contributed by atoms with Crippen molar-refractivity contribution in [3.05, 3.63) is 65.9 Å². The van der Waals surface area contributed by atoms with Crippen LogP contribution in [0, 0.1) is 6.92 Å². The average Bonchev–Trinajstić information content (AvgIpc) is 3.43. The van der Waals surface area contributed by atoms with Gasteiger partial charge >= 0.3 is 0 Å². The zero-order chi connectivity index (χ0) is 22.3. The molecular weight excluding hydrogens is 420 g/mol. The van der Waals surface area contributed by atoms with Crippen LogP contribution in [0.1, 0.15) is 40.9 Å². The molecule has 1 fully saturated rings. The quantitative estimate of drug-likeness (QED) is 0.506. The topological polar surface area (TPSA) is 94.5 Å². The SMILES string of the molecule is Cc1ccc(-c2noc([C@@H]3CCC(F)(F)CO3)n2)cc1NC(=O)c1cnc2ccccn12. The van der Waals surface area contributed by atoms with Crippen LogP contribution in [0.5, 0.6) is 0 Å². The summed E-state index contributed by atoms with van der Waals surface area (Å²) >= 11 is 0. The smallest absolute Gasteiger partial charge is 0.274 e. The number of hydrogen-bond donors (Lipinski definition) is 1. The number of nitrogens with one attached hydrogen (secondary N) is 1. The largest absolute Gasteiger partial charge is 0.362 e. The molecule has 1 aliphatic heterocycles. The molecule has 1 amide bonds. The first kappa shape index (κ1) is 20.3. The van der Waals surface area contributed by atoms with Crippen molar-refractivity contribution in [1.29, 1.82) is 0 Å². The van der Waals surface area contributed by atoms with Crippen LogP contribution < -0.4 is 5.32 Å². The van der Waals surface area contributed by atoms with Gasteiger partial charge in [-0.3, -0.25) is 9.20 Å². The van der Waals surface area contributed by atoms with Crippen LogP contribution in [0.15, 0.2) is 53.3 Å². The lowest BCUT2D eigenvalue weighted by Crippen LogP contribution is -2.31. The van der Waals surface area contributed by atoms with E-state index in [1.54, 1.807) is 22.7 Å². The normalized spacial score (nSPS) is 18.0. The highest BCUT2D eigenvalue weighted by Crippen LogP contribution is 2.35. The van der Waals surface area contributed by atoms with E-state index in [0.717, 1.165) is 5.56 Å². The summed E-state index contributed by atoms with van der Waals surface area (Å²) in [5.41, 5.74) is 3.11. The van der Waals surface area contributed by atoms with Crippen molar-refractivity contribution in [1.82, 2.24) is 19.5 Å². The molecule has 5 rings (SSSR count). The Kier molecular flexibility index (Phi) is 4.93. The van der Waals surface area contributed by atoms with Gasteiger partial charge in [-0.1, -0.05) is 23.4 Å². The molecule has 10 heteroatoms. The molecule has 0 radical (unpaired) electrons. The van der Waals surface area contributed by atoms with E-state index in [-0.39, 0.29) is 30.5 Å². The number of carbonyl (C=O) groups is 1. The van der Waals surface area contributed by atoms with Crippen LogP contribution in [0.25, 0.3) is 17.0 Å². The van der Waals surface area contributed by atoms with E-state index in [9.17, 15) is 13.6 Å². The van der Waals surface area contributed by atoms with E-state index < -0.39 is 18.6 Å². The van der Waals surface area contributed by atoms with E-state index in [4.69, 9.17) is 9.26 Å². The minimum Gasteiger partial charge on any atom is -0.362 e. The first-order chi connectivity index (χ1) is 15.4. The summed E-state index contributed by atoms with van der Waals surface area (Å²) in [4.78, 5) is 21.4. The van der Waals surface area contributed by atoms with Gasteiger partial charge in [0.1, 0.15) is 24.1 Å². The van der Waals surface area contributed by atoms with Gasteiger partial charge < -0.3 is 14.6 Å². The number of amides is 1. The molecule has 4 aromatic rings. The lowest BCUT2D eigenvalue weighted by atomic mass is 10.1. The summed E-state index contributed by atoms with van der Waals surface area (Å²) in [6, 6.07) is 10.8. The number of imidazole rings is 1. The Hall–Kier alpha value is -3.66. The van der Waals surface area contributed by atoms with Crippen LogP contribution in [0.2, 0.25) is 0 Å². The molecule has 1 N–H and O–H groups in total. The minimum absolute atomic E-state index is 0.100. The Morgan fingerprint density at radius 2 is 2.16 bits per heavy atom. The van der Waals surface area contributed by atoms with Gasteiger partial charge in [0.2, 0.25) is 5.82 Å². The number of benzene rings is 1. The zero-order valence-electron chi connectivity index (χ0n) is 17.1. The van der Waals surface area contributed by atoms with Crippen molar-refractivity contribution >= 4 is 17.2 Å². The minimum atomic E-state index is -2.83. The van der Waals surface area contributed by atoms with Gasteiger partial charge in [0.05, 0.1) is 6.20 Å². The molecule has 4 heterocycles. The lowest BCUT2D eigenvalue weighted by molar-refractivity contribution is -0.151. The molecule has 1 atom stereocenters. The standard InChI is InChI=1S/C22H19F2N5O3/c1-13-5-6-14(19-27-21(32-28-19)17-7-8-22(23,24)12-31-17)10-15(13)26-20(30)16-11-25-18-4-2-3-9-29(16)18/h2-6,9-11,17H,7-8,12H2,1H3,(H,26,30)/t17-/m0/s1. The number of ether oxygens (including phenoxy) is 1. The van der Waals surface area contributed by atoms with Crippen molar-refractivity contribution in [2.24, 2.45) is 0 Å². The Morgan fingerprint density at radius 3 is 2.97 bits per heavy atom. The summed E-state index contributed by atoms with van der Waals surface area (Å²) in [6.45, 7) is 1.20. The van der Waals surface area contributed by atoms with Crippen molar-refractivity contribution < 1.29 is 22.8 Å². The number of halogens is 2. The number of pyridine rings is 1. The molecule has 0 spiro atoms. The number of fused-ring (bicyclic) bond motifs is 1. The number of carbonyl (C=O) groups excluding carboxylic acids is 1. The Labute approximate surface area is 181 Å². The molecule has 1 saturated heterocycles. The van der Waals surface area contributed by atoms with Crippen LogP contribution in [0.4, 0.5) is 14.5 Å². The fraction of sp³-hybridized carbons (Fsp3) is 0.273. The maximum absolute atomic E-state index is 13.3. The van der Waals surface area contributed by atoms with E-state index in [1.165, 1.54) is 6.20 Å². The first-order valence-corrected chi connectivity index (χ1v) is 10.1. The molecule has 32 heavy (non-hydrogen) atoms. The van der Waals surface area contributed by atoms with Crippen molar-refractivity contribution in [2.75, 3.05) is 11.9 Å². The summed E-state index contributed by atoms with van der Waals surface area (Å²) in [5, 5.41) is 6.86. The number of aromatic nitrogens is 4. The molecule has 3 aromatic heterocycles. The predicted molar refractivity (Wildman–Crippen MR) is 110 cm³/mol. The first-order valence-electron chi connectivity index (χ1n) is 10.1. The second-order valence-electron chi connectivity index (χ2n) is 7.71. The van der Waals surface area contributed by atoms with Crippen LogP contribution in [0.3, 0.4) is 0 Å². The summed E-state index contributed by atoms with van der Waals surface area (Å²) in [7, 11) is 0. The van der Waals surface area contributed by atoms with Crippen molar-refractivity contribution in [3.8, 4) is 11.4 Å². The highest BCUT2D eigenvalue weighted by atomic mass is 19.3. The summed E-state index contributed by atoms with van der Waals surface area (Å²) in [5.74, 6) is -2.70. The van der Waals surface area contributed by atoms with Gasteiger partial charge in [0, 0.05) is 23.9 Å². The Bertz CT molecular complexity index is 1290. The number of nitrogens with zero attached hydrogens (tertiary/aromatic N) is 4. The monoisotopic (exact) mass is 439 g/mol. The van der Waals surface area contributed by atoms with Gasteiger partial charge in [0.25, 0.3) is 17.7 Å². The second-order valence-corrected chi connectivity index (χ2v) is 7.71. The van der Waals surface area contributed by atoms with Gasteiger partial charge in [-0.15, -0.1) is 0 Å². The third-order valence-corrected chi connectivity index (χ3v) is 5.38. The molecule has 0 saturated carbocycles. The van der Waals surface area contributed by atoms with E-state index in [0.29, 0.717) is 22.6 Å². The fourth-order valence-electron chi connectivity index (χ4n) is 3.58. The maximum Gasteiger partial charge on any atom is 0.274 e. The lowest BCUT2D eigenvalue weighted by Gasteiger charge is -2.26. The van der Waals surface area contributed by atoms with E-state index in [1.807, 2.05) is 31.2 Å². The van der Waals surface area contributed by atoms with Gasteiger partial charge in [-0.2, -0.15) is 4.98 Å². The van der Waals surface area contributed by atoms with Gasteiger partial charge in [-0.25, -0.2) is 13.8 Å². The van der Waals surface area contributed by atoms with E-state index >= 15 is 0 Å². The third-order valence-electron chi connectivity index (χ3n) is 5.38. The van der Waals surface area contributed by atoms with Crippen LogP contribution in [-0.4, -0.2) is 38.0 Å². The highest BCUT2D eigenvalue weighted by Gasteiger charge is 2.38. The average molecular weight is 439 g/mol. The molecule has 0 unspecified atom stereocenters. The Balaban J connectivity index is 1.36. The molecule has 1 aromatic carbocycles. The molecule has 0 aliphatic carbocycles. The van der Waals surface area contributed by atoms with Gasteiger partial charge in [-0.05, 0) is 37.1 Å². The number of rotatable bonds is 4. The number of alkyl halides is 2. The summed E-state index contributed by atoms with van der Waals surface area (Å²) < 4.78 is 38.8. The highest BCUT2D eigenvalue weighted by molar-refractivity contribution is 6.04. The number of aryl methyl sites for hydroxylation is 1.